The molecule has 0 unspecified atom stereocenters. The minimum Gasteiger partial charge on any atom is -0.398 e. The zero-order valence-electron chi connectivity index (χ0n) is 8.72. The van der Waals surface area contributed by atoms with Crippen LogP contribution in [0, 0.1) is 0 Å². The maximum Gasteiger partial charge on any atom is 0.265 e. The van der Waals surface area contributed by atoms with Crippen molar-refractivity contribution in [3.05, 3.63) is 45.0 Å². The first kappa shape index (κ1) is 10.9. The molecular weight excluding hydrogens is 272 g/mol. The van der Waals surface area contributed by atoms with Crippen LogP contribution >= 0.6 is 15.9 Å². The Kier molecular flexibility index (Phi) is 2.82. The molecule has 0 amide bonds. The Morgan fingerprint density at radius 3 is 2.94 bits per heavy atom. The number of anilines is 1. The van der Waals surface area contributed by atoms with Crippen LogP contribution in [0.1, 0.15) is 5.69 Å². The summed E-state index contributed by atoms with van der Waals surface area (Å²) in [4.78, 5) is 11.8. The van der Waals surface area contributed by atoms with Crippen LogP contribution in [0.3, 0.4) is 0 Å². The van der Waals surface area contributed by atoms with Crippen LogP contribution in [-0.4, -0.2) is 14.3 Å². The van der Waals surface area contributed by atoms with Gasteiger partial charge in [-0.2, -0.15) is 5.10 Å². The number of aryl methyl sites for hydroxylation is 1. The number of halogens is 1. The summed E-state index contributed by atoms with van der Waals surface area (Å²) in [5.41, 5.74) is 6.93. The van der Waals surface area contributed by atoms with Crippen LogP contribution in [0.4, 0.5) is 5.69 Å². The predicted octanol–water partition coefficient (Wildman–Crippen LogP) is 0.975. The standard InChI is InChI=1S/C10H11BrN4O/c1-14-3-2-8(13-14)6-15-5-7(12)4-9(11)10(15)16/h2-5H,6,12H2,1H3. The van der Waals surface area contributed by atoms with E-state index in [0.717, 1.165) is 5.69 Å². The molecule has 2 heterocycles. The molecule has 0 fully saturated rings. The van der Waals surface area contributed by atoms with Gasteiger partial charge < -0.3 is 10.3 Å². The molecule has 2 N–H and O–H groups in total. The van der Waals surface area contributed by atoms with Crippen LogP contribution < -0.4 is 11.3 Å². The summed E-state index contributed by atoms with van der Waals surface area (Å²) in [5.74, 6) is 0. The molecule has 0 spiro atoms. The Morgan fingerprint density at radius 2 is 2.31 bits per heavy atom. The van der Waals surface area contributed by atoms with Crippen molar-refractivity contribution in [2.75, 3.05) is 5.73 Å². The van der Waals surface area contributed by atoms with Crippen LogP contribution in [0.25, 0.3) is 0 Å². The first-order chi connectivity index (χ1) is 7.56. The molecule has 6 heteroatoms. The monoisotopic (exact) mass is 282 g/mol. The maximum absolute atomic E-state index is 11.8. The lowest BCUT2D eigenvalue weighted by Gasteiger charge is -2.05. The minimum atomic E-state index is -0.111. The van der Waals surface area contributed by atoms with Crippen molar-refractivity contribution in [1.82, 2.24) is 14.3 Å². The number of rotatable bonds is 2. The van der Waals surface area contributed by atoms with Gasteiger partial charge in [0.2, 0.25) is 0 Å². The molecule has 0 saturated heterocycles. The van der Waals surface area contributed by atoms with Gasteiger partial charge in [0, 0.05) is 25.1 Å². The first-order valence-electron chi connectivity index (χ1n) is 4.70. The Morgan fingerprint density at radius 1 is 1.56 bits per heavy atom. The highest BCUT2D eigenvalue weighted by molar-refractivity contribution is 9.10. The van der Waals surface area contributed by atoms with Crippen molar-refractivity contribution >= 4 is 21.6 Å². The fourth-order valence-electron chi connectivity index (χ4n) is 1.46. The van der Waals surface area contributed by atoms with Gasteiger partial charge in [-0.3, -0.25) is 9.48 Å². The molecule has 0 saturated carbocycles. The summed E-state index contributed by atoms with van der Waals surface area (Å²) in [6.07, 6.45) is 3.45. The second-order valence-corrected chi connectivity index (χ2v) is 4.39. The number of hydrogen-bond acceptors (Lipinski definition) is 3. The fraction of sp³-hybridized carbons (Fsp3) is 0.200. The zero-order chi connectivity index (χ0) is 11.7. The van der Waals surface area contributed by atoms with Gasteiger partial charge in [-0.15, -0.1) is 0 Å². The number of nitrogens with two attached hydrogens (primary N) is 1. The SMILES string of the molecule is Cn1ccc(Cn2cc(N)cc(Br)c2=O)n1. The van der Waals surface area contributed by atoms with E-state index in [2.05, 4.69) is 21.0 Å². The molecule has 2 rings (SSSR count). The molecule has 2 aromatic heterocycles. The topological polar surface area (TPSA) is 65.8 Å². The fourth-order valence-corrected chi connectivity index (χ4v) is 1.95. The van der Waals surface area contributed by atoms with E-state index in [0.29, 0.717) is 16.7 Å². The largest absolute Gasteiger partial charge is 0.398 e. The molecule has 5 nitrogen and oxygen atoms in total. The van der Waals surface area contributed by atoms with Crippen molar-refractivity contribution in [3.63, 3.8) is 0 Å². The van der Waals surface area contributed by atoms with Gasteiger partial charge in [0.1, 0.15) is 0 Å². The van der Waals surface area contributed by atoms with E-state index in [1.165, 1.54) is 4.57 Å². The molecule has 0 aromatic carbocycles. The predicted molar refractivity (Wildman–Crippen MR) is 65.1 cm³/mol. The highest BCUT2D eigenvalue weighted by Gasteiger charge is 2.05. The smallest absolute Gasteiger partial charge is 0.265 e. The Hall–Kier alpha value is -1.56. The van der Waals surface area contributed by atoms with Crippen LogP contribution in [0.15, 0.2) is 33.8 Å². The van der Waals surface area contributed by atoms with E-state index in [-0.39, 0.29) is 5.56 Å². The van der Waals surface area contributed by atoms with Gasteiger partial charge in [0.05, 0.1) is 16.7 Å². The van der Waals surface area contributed by atoms with Crippen molar-refractivity contribution in [2.45, 2.75) is 6.54 Å². The maximum atomic E-state index is 11.8. The van der Waals surface area contributed by atoms with E-state index in [4.69, 9.17) is 5.73 Å². The van der Waals surface area contributed by atoms with E-state index in [9.17, 15) is 4.79 Å². The number of hydrogen-bond donors (Lipinski definition) is 1. The van der Waals surface area contributed by atoms with Crippen LogP contribution in [-0.2, 0) is 13.6 Å². The lowest BCUT2D eigenvalue weighted by molar-refractivity contribution is 0.691. The summed E-state index contributed by atoms with van der Waals surface area (Å²) in [6.45, 7) is 0.420. The van der Waals surface area contributed by atoms with E-state index >= 15 is 0 Å². The number of pyridine rings is 1. The third-order valence-corrected chi connectivity index (χ3v) is 2.73. The first-order valence-corrected chi connectivity index (χ1v) is 5.49. The third-order valence-electron chi connectivity index (χ3n) is 2.16. The Bertz CT molecular complexity index is 572. The molecule has 0 aliphatic heterocycles. The van der Waals surface area contributed by atoms with Gasteiger partial charge in [-0.25, -0.2) is 0 Å². The highest BCUT2D eigenvalue weighted by Crippen LogP contribution is 2.09. The highest BCUT2D eigenvalue weighted by atomic mass is 79.9. The summed E-state index contributed by atoms with van der Waals surface area (Å²) >= 11 is 3.18. The molecule has 0 aliphatic carbocycles. The van der Waals surface area contributed by atoms with Crippen molar-refractivity contribution < 1.29 is 0 Å². The van der Waals surface area contributed by atoms with Gasteiger partial charge in [0.25, 0.3) is 5.56 Å². The summed E-state index contributed by atoms with van der Waals surface area (Å²) in [5, 5.41) is 4.21. The molecule has 0 bridgehead atoms. The molecular formula is C10H11BrN4O. The third kappa shape index (κ3) is 2.16. The molecule has 84 valence electrons. The average molecular weight is 283 g/mol. The van der Waals surface area contributed by atoms with E-state index in [1.54, 1.807) is 16.9 Å². The summed E-state index contributed by atoms with van der Waals surface area (Å²) in [7, 11) is 1.83. The quantitative estimate of drug-likeness (QED) is 0.893. The normalized spacial score (nSPS) is 10.6. The summed E-state index contributed by atoms with van der Waals surface area (Å²) in [6, 6.07) is 3.46. The molecule has 16 heavy (non-hydrogen) atoms. The molecule has 0 aliphatic rings. The lowest BCUT2D eigenvalue weighted by Crippen LogP contribution is -2.21. The lowest BCUT2D eigenvalue weighted by atomic mass is 10.4. The minimum absolute atomic E-state index is 0.111. The van der Waals surface area contributed by atoms with Crippen LogP contribution in [0.2, 0.25) is 0 Å². The van der Waals surface area contributed by atoms with Gasteiger partial charge >= 0.3 is 0 Å². The zero-order valence-corrected chi connectivity index (χ0v) is 10.3. The molecule has 0 atom stereocenters. The van der Waals surface area contributed by atoms with Crippen molar-refractivity contribution in [3.8, 4) is 0 Å². The van der Waals surface area contributed by atoms with Crippen molar-refractivity contribution in [1.29, 1.82) is 0 Å². The van der Waals surface area contributed by atoms with Crippen molar-refractivity contribution in [2.24, 2.45) is 7.05 Å². The summed E-state index contributed by atoms with van der Waals surface area (Å²) < 4.78 is 3.69. The van der Waals surface area contributed by atoms with E-state index in [1.807, 2.05) is 19.3 Å². The second-order valence-electron chi connectivity index (χ2n) is 3.54. The second kappa shape index (κ2) is 4.13. The van der Waals surface area contributed by atoms with Gasteiger partial charge in [-0.05, 0) is 28.1 Å². The van der Waals surface area contributed by atoms with E-state index < -0.39 is 0 Å². The van der Waals surface area contributed by atoms with Crippen LogP contribution in [0.5, 0.6) is 0 Å². The Balaban J connectivity index is 2.38. The van der Waals surface area contributed by atoms with Gasteiger partial charge in [0.15, 0.2) is 0 Å². The van der Waals surface area contributed by atoms with Gasteiger partial charge in [-0.1, -0.05) is 0 Å². The number of nitrogens with zero attached hydrogens (tertiary/aromatic N) is 3. The average Bonchev–Trinajstić information content (AvgIpc) is 2.60. The molecule has 2 aromatic rings. The Labute approximate surface area is 101 Å². The molecule has 0 radical (unpaired) electrons. The number of aromatic nitrogens is 3. The number of nitrogen functional groups attached to an aromatic ring is 1.